The molecule has 0 atom stereocenters. The van der Waals surface area contributed by atoms with Crippen molar-refractivity contribution in [2.75, 3.05) is 0 Å². The van der Waals surface area contributed by atoms with Crippen LogP contribution in [0.2, 0.25) is 0 Å². The van der Waals surface area contributed by atoms with Gasteiger partial charge in [0.05, 0.1) is 0 Å². The van der Waals surface area contributed by atoms with Gasteiger partial charge in [0.1, 0.15) is 11.0 Å². The highest BCUT2D eigenvalue weighted by atomic mass is 16.4. The second-order valence-corrected chi connectivity index (χ2v) is 11.1. The molecule has 0 saturated carbocycles. The summed E-state index contributed by atoms with van der Waals surface area (Å²) in [6, 6.07) is 38.8. The molecule has 7 heteroatoms. The topological polar surface area (TPSA) is 90.7 Å². The van der Waals surface area contributed by atoms with E-state index in [0.717, 1.165) is 85.8 Å². The number of hydrogen-bond donors (Lipinski definition) is 0. The zero-order valence-corrected chi connectivity index (χ0v) is 25.4. The number of aryl methyl sites for hydroxylation is 2. The van der Waals surface area contributed by atoms with Crippen LogP contribution in [0.5, 0.6) is 0 Å². The highest BCUT2D eigenvalue weighted by Crippen LogP contribution is 2.32. The lowest BCUT2D eigenvalue weighted by Crippen LogP contribution is -2.00. The number of fused-ring (bicyclic) bond motifs is 2. The minimum atomic E-state index is 0.600. The first kappa shape index (κ1) is 27.6. The van der Waals surface area contributed by atoms with Gasteiger partial charge in [-0.15, -0.1) is 0 Å². The second kappa shape index (κ2) is 11.5. The summed E-state index contributed by atoms with van der Waals surface area (Å²) in [5, 5.41) is 0. The molecule has 0 unspecified atom stereocenters. The van der Waals surface area contributed by atoms with Gasteiger partial charge in [0.25, 0.3) is 0 Å². The van der Waals surface area contributed by atoms with Crippen molar-refractivity contribution in [1.82, 2.24) is 24.9 Å². The minimum Gasteiger partial charge on any atom is -0.441 e. The van der Waals surface area contributed by atoms with E-state index in [4.69, 9.17) is 23.8 Å². The van der Waals surface area contributed by atoms with Gasteiger partial charge < -0.3 is 8.83 Å². The van der Waals surface area contributed by atoms with E-state index in [2.05, 4.69) is 58.5 Å². The summed E-state index contributed by atoms with van der Waals surface area (Å²) in [7, 11) is 0. The normalized spacial score (nSPS) is 11.4. The molecule has 0 radical (unpaired) electrons. The van der Waals surface area contributed by atoms with Crippen molar-refractivity contribution in [2.45, 2.75) is 26.7 Å². The second-order valence-electron chi connectivity index (χ2n) is 11.1. The molecule has 0 aliphatic heterocycles. The molecule has 3 aromatic heterocycles. The molecule has 8 rings (SSSR count). The van der Waals surface area contributed by atoms with Gasteiger partial charge in [0.2, 0.25) is 0 Å². The molecular formula is C39H29N5O2. The highest BCUT2D eigenvalue weighted by Gasteiger charge is 2.15. The Hall–Kier alpha value is -5.95. The summed E-state index contributed by atoms with van der Waals surface area (Å²) in [6.45, 7) is 4.08. The molecule has 0 bridgehead atoms. The molecule has 0 fully saturated rings. The summed E-state index contributed by atoms with van der Waals surface area (Å²) in [4.78, 5) is 24.2. The Balaban J connectivity index is 1.22. The first-order chi connectivity index (χ1) is 22.6. The van der Waals surface area contributed by atoms with E-state index in [1.165, 1.54) is 0 Å². The Morgan fingerprint density at radius 3 is 1.28 bits per heavy atom. The largest absolute Gasteiger partial charge is 0.441 e. The van der Waals surface area contributed by atoms with Gasteiger partial charge in [0.15, 0.2) is 40.4 Å². The third kappa shape index (κ3) is 5.22. The van der Waals surface area contributed by atoms with Crippen LogP contribution in [-0.2, 0) is 12.8 Å². The van der Waals surface area contributed by atoms with Gasteiger partial charge in [-0.25, -0.2) is 24.9 Å². The van der Waals surface area contributed by atoms with E-state index in [1.807, 2.05) is 80.6 Å². The van der Waals surface area contributed by atoms with Crippen molar-refractivity contribution in [3.63, 3.8) is 0 Å². The fourth-order valence-electron chi connectivity index (χ4n) is 5.64. The van der Waals surface area contributed by atoms with Crippen LogP contribution in [0.15, 0.2) is 124 Å². The van der Waals surface area contributed by atoms with Crippen molar-refractivity contribution in [2.24, 2.45) is 0 Å². The van der Waals surface area contributed by atoms with E-state index in [9.17, 15) is 0 Å². The fraction of sp³-hybridized carbons (Fsp3) is 0.103. The molecule has 0 N–H and O–H groups in total. The molecule has 46 heavy (non-hydrogen) atoms. The molecule has 8 aromatic rings. The van der Waals surface area contributed by atoms with Crippen molar-refractivity contribution < 1.29 is 8.83 Å². The summed E-state index contributed by atoms with van der Waals surface area (Å²) < 4.78 is 11.7. The molecule has 5 aromatic carbocycles. The number of benzene rings is 5. The summed E-state index contributed by atoms with van der Waals surface area (Å²) in [6.07, 6.45) is 1.51. The molecule has 0 amide bonds. The van der Waals surface area contributed by atoms with Gasteiger partial charge >= 0.3 is 0 Å². The Morgan fingerprint density at radius 2 is 0.804 bits per heavy atom. The predicted octanol–water partition coefficient (Wildman–Crippen LogP) is 9.61. The van der Waals surface area contributed by atoms with E-state index in [1.54, 1.807) is 0 Å². The van der Waals surface area contributed by atoms with E-state index in [0.29, 0.717) is 17.5 Å². The van der Waals surface area contributed by atoms with Crippen molar-refractivity contribution >= 4 is 22.2 Å². The van der Waals surface area contributed by atoms with E-state index < -0.39 is 0 Å². The summed E-state index contributed by atoms with van der Waals surface area (Å²) >= 11 is 0. The SMILES string of the molecule is CCc1nc2cc(-c3cccc(-c4nc(-c5ccccc5)nc(-c5cccc(-c6ccc7oc(CC)nc7c6)c5)n4)c3)ccc2o1. The fourth-order valence-corrected chi connectivity index (χ4v) is 5.64. The number of rotatable bonds is 7. The van der Waals surface area contributed by atoms with Crippen LogP contribution in [-0.4, -0.2) is 24.9 Å². The zero-order chi connectivity index (χ0) is 31.0. The Kier molecular flexibility index (Phi) is 6.91. The molecule has 7 nitrogen and oxygen atoms in total. The standard InChI is InChI=1S/C39H29N5O2/c1-3-35-40-31-22-27(16-18-33(31)45-35)25-12-8-14-29(20-25)38-42-37(24-10-6-5-7-11-24)43-39(44-38)30-15-9-13-26(21-30)28-17-19-34-32(23-28)41-36(4-2)46-34/h5-23H,3-4H2,1-2H3. The van der Waals surface area contributed by atoms with Crippen LogP contribution in [0.4, 0.5) is 0 Å². The van der Waals surface area contributed by atoms with Gasteiger partial charge in [-0.1, -0.05) is 92.7 Å². The molecular weight excluding hydrogens is 570 g/mol. The maximum absolute atomic E-state index is 5.83. The summed E-state index contributed by atoms with van der Waals surface area (Å²) in [5.41, 5.74) is 10.2. The lowest BCUT2D eigenvalue weighted by Gasteiger charge is -2.10. The molecule has 0 saturated heterocycles. The Morgan fingerprint density at radius 1 is 0.391 bits per heavy atom. The summed E-state index contributed by atoms with van der Waals surface area (Å²) in [5.74, 6) is 3.29. The van der Waals surface area contributed by atoms with Crippen LogP contribution in [0.1, 0.15) is 25.6 Å². The van der Waals surface area contributed by atoms with E-state index in [-0.39, 0.29) is 0 Å². The smallest absolute Gasteiger partial charge is 0.195 e. The van der Waals surface area contributed by atoms with Crippen molar-refractivity contribution in [3.05, 3.63) is 127 Å². The molecule has 0 spiro atoms. The first-order valence-electron chi connectivity index (χ1n) is 15.5. The zero-order valence-electron chi connectivity index (χ0n) is 25.4. The third-order valence-corrected chi connectivity index (χ3v) is 8.04. The number of oxazole rings is 2. The molecule has 3 heterocycles. The quantitative estimate of drug-likeness (QED) is 0.180. The third-order valence-electron chi connectivity index (χ3n) is 8.04. The molecule has 0 aliphatic rings. The number of hydrogen-bond acceptors (Lipinski definition) is 7. The first-order valence-corrected chi connectivity index (χ1v) is 15.5. The lowest BCUT2D eigenvalue weighted by molar-refractivity contribution is 0.537. The van der Waals surface area contributed by atoms with Crippen molar-refractivity contribution in [1.29, 1.82) is 0 Å². The highest BCUT2D eigenvalue weighted by molar-refractivity contribution is 5.83. The average Bonchev–Trinajstić information content (AvgIpc) is 3.75. The van der Waals surface area contributed by atoms with Gasteiger partial charge in [-0.3, -0.25) is 0 Å². The van der Waals surface area contributed by atoms with Gasteiger partial charge in [0, 0.05) is 29.5 Å². The van der Waals surface area contributed by atoms with Crippen molar-refractivity contribution in [3.8, 4) is 56.4 Å². The number of nitrogens with zero attached hydrogens (tertiary/aromatic N) is 5. The van der Waals surface area contributed by atoms with Crippen LogP contribution in [0, 0.1) is 0 Å². The number of aromatic nitrogens is 5. The molecule has 0 aliphatic carbocycles. The predicted molar refractivity (Wildman–Crippen MR) is 181 cm³/mol. The van der Waals surface area contributed by atoms with Crippen LogP contribution < -0.4 is 0 Å². The molecule has 222 valence electrons. The average molecular weight is 600 g/mol. The monoisotopic (exact) mass is 599 g/mol. The van der Waals surface area contributed by atoms with Crippen LogP contribution >= 0.6 is 0 Å². The van der Waals surface area contributed by atoms with Gasteiger partial charge in [-0.2, -0.15) is 0 Å². The Labute approximate surface area is 265 Å². The minimum absolute atomic E-state index is 0.600. The maximum Gasteiger partial charge on any atom is 0.195 e. The van der Waals surface area contributed by atoms with Crippen LogP contribution in [0.3, 0.4) is 0 Å². The lowest BCUT2D eigenvalue weighted by atomic mass is 10.0. The van der Waals surface area contributed by atoms with Gasteiger partial charge in [-0.05, 0) is 58.7 Å². The Bertz CT molecular complexity index is 2210. The van der Waals surface area contributed by atoms with E-state index >= 15 is 0 Å². The maximum atomic E-state index is 5.83. The van der Waals surface area contributed by atoms with Crippen LogP contribution in [0.25, 0.3) is 78.6 Å².